The van der Waals surface area contributed by atoms with Crippen LogP contribution in [0.1, 0.15) is 11.7 Å². The van der Waals surface area contributed by atoms with Crippen LogP contribution in [-0.4, -0.2) is 22.1 Å². The Balaban J connectivity index is 2.44. The van der Waals surface area contributed by atoms with Gasteiger partial charge in [0.15, 0.2) is 6.04 Å². The number of nitrogens with one attached hydrogen (secondary N) is 1. The standard InChI is InChI=1S/C11H12N2O3/c12-9(11(15)16)10(14)7-5-13-8-4-2-1-3-6(7)8/h1-5,9-10,13-14H,12H2,(H,15,16)/t9-,10+/m0/s1. The van der Waals surface area contributed by atoms with E-state index in [-0.39, 0.29) is 0 Å². The van der Waals surface area contributed by atoms with Crippen molar-refractivity contribution in [3.63, 3.8) is 0 Å². The molecule has 1 aromatic carbocycles. The maximum absolute atomic E-state index is 10.6. The number of aromatic amines is 1. The third-order valence-corrected chi connectivity index (χ3v) is 2.62. The maximum Gasteiger partial charge on any atom is 0.155 e. The molecule has 1 aromatic heterocycles. The Kier molecular flexibility index (Phi) is 2.64. The van der Waals surface area contributed by atoms with Gasteiger partial charge in [-0.25, -0.2) is 0 Å². The van der Waals surface area contributed by atoms with E-state index in [9.17, 15) is 15.0 Å². The van der Waals surface area contributed by atoms with Crippen molar-refractivity contribution in [2.45, 2.75) is 12.1 Å². The van der Waals surface area contributed by atoms with Crippen LogP contribution in [0.4, 0.5) is 0 Å². The molecule has 5 heteroatoms. The molecule has 0 unspecified atom stereocenters. The number of carbonyl (C=O) groups is 1. The summed E-state index contributed by atoms with van der Waals surface area (Å²) in [4.78, 5) is 13.6. The number of aromatic nitrogens is 1. The second-order valence-corrected chi connectivity index (χ2v) is 3.66. The number of rotatable bonds is 3. The van der Waals surface area contributed by atoms with Crippen LogP contribution in [0.15, 0.2) is 30.5 Å². The first-order valence-electron chi connectivity index (χ1n) is 4.89. The van der Waals surface area contributed by atoms with Crippen molar-refractivity contribution in [3.8, 4) is 0 Å². The normalized spacial score (nSPS) is 14.9. The molecule has 16 heavy (non-hydrogen) atoms. The van der Waals surface area contributed by atoms with E-state index in [2.05, 4.69) is 10.7 Å². The molecule has 2 aromatic rings. The molecule has 84 valence electrons. The van der Waals surface area contributed by atoms with Gasteiger partial charge in [0.2, 0.25) is 0 Å². The lowest BCUT2D eigenvalue weighted by atomic mass is 10.0. The Morgan fingerprint density at radius 2 is 2.12 bits per heavy atom. The van der Waals surface area contributed by atoms with Crippen molar-refractivity contribution in [2.24, 2.45) is 0 Å². The van der Waals surface area contributed by atoms with Crippen molar-refractivity contribution in [1.82, 2.24) is 4.98 Å². The molecular formula is C11H12N2O3. The number of aliphatic hydroxyl groups excluding tert-OH is 1. The Labute approximate surface area is 91.5 Å². The summed E-state index contributed by atoms with van der Waals surface area (Å²) in [5.41, 5.74) is 4.75. The predicted molar refractivity (Wildman–Crippen MR) is 54.9 cm³/mol. The van der Waals surface area contributed by atoms with Crippen LogP contribution in [-0.2, 0) is 4.79 Å². The van der Waals surface area contributed by atoms with Crippen molar-refractivity contribution >= 4 is 16.9 Å². The zero-order chi connectivity index (χ0) is 11.7. The molecule has 0 saturated heterocycles. The summed E-state index contributed by atoms with van der Waals surface area (Å²) < 4.78 is 0. The fourth-order valence-electron chi connectivity index (χ4n) is 1.68. The number of H-pyrrole nitrogens is 1. The molecule has 0 aliphatic heterocycles. The number of para-hydroxylation sites is 1. The van der Waals surface area contributed by atoms with Crippen LogP contribution in [0.3, 0.4) is 0 Å². The maximum atomic E-state index is 10.6. The molecule has 0 radical (unpaired) electrons. The van der Waals surface area contributed by atoms with Crippen molar-refractivity contribution in [2.75, 3.05) is 0 Å². The zero-order valence-corrected chi connectivity index (χ0v) is 8.51. The first-order chi connectivity index (χ1) is 7.61. The minimum atomic E-state index is -1.36. The van der Waals surface area contributed by atoms with Gasteiger partial charge in [0, 0.05) is 22.7 Å². The Morgan fingerprint density at radius 3 is 2.81 bits per heavy atom. The van der Waals surface area contributed by atoms with E-state index in [1.165, 1.54) is 0 Å². The fourth-order valence-corrected chi connectivity index (χ4v) is 1.68. The van der Waals surface area contributed by atoms with E-state index in [1.807, 2.05) is 24.3 Å². The summed E-state index contributed by atoms with van der Waals surface area (Å²) in [7, 11) is 0. The van der Waals surface area contributed by atoms with E-state index in [0.29, 0.717) is 5.56 Å². The quantitative estimate of drug-likeness (QED) is 0.590. The molecule has 0 aliphatic rings. The third kappa shape index (κ3) is 1.66. The molecule has 0 amide bonds. The Hall–Kier alpha value is -1.85. The third-order valence-electron chi connectivity index (χ3n) is 2.62. The van der Waals surface area contributed by atoms with E-state index in [0.717, 1.165) is 10.9 Å². The molecule has 5 N–H and O–H groups in total. The molecule has 0 saturated carbocycles. The summed E-state index contributed by atoms with van der Waals surface area (Å²) in [5.74, 6) is -1.36. The number of fused-ring (bicyclic) bond motifs is 1. The molecular weight excluding hydrogens is 208 g/mol. The van der Waals surface area contributed by atoms with Crippen molar-refractivity contribution in [1.29, 1.82) is 0 Å². The Bertz CT molecular complexity index is 521. The second-order valence-electron chi connectivity index (χ2n) is 3.66. The molecule has 1 heterocycles. The van der Waals surface area contributed by atoms with Gasteiger partial charge in [0.25, 0.3) is 0 Å². The average molecular weight is 220 g/mol. The first-order valence-corrected chi connectivity index (χ1v) is 4.89. The average Bonchev–Trinajstić information content (AvgIpc) is 2.70. The number of hydrogen-bond donors (Lipinski definition) is 3. The zero-order valence-electron chi connectivity index (χ0n) is 8.51. The van der Waals surface area contributed by atoms with Gasteiger partial charge in [-0.1, -0.05) is 18.2 Å². The Morgan fingerprint density at radius 1 is 1.44 bits per heavy atom. The summed E-state index contributed by atoms with van der Waals surface area (Å²) in [6, 6.07) is 6.16. The van der Waals surface area contributed by atoms with E-state index in [1.54, 1.807) is 6.20 Å². The lowest BCUT2D eigenvalue weighted by molar-refractivity contribution is -0.452. The summed E-state index contributed by atoms with van der Waals surface area (Å²) in [6.45, 7) is 0. The molecule has 5 nitrogen and oxygen atoms in total. The highest BCUT2D eigenvalue weighted by Crippen LogP contribution is 2.24. The fraction of sp³-hybridized carbons (Fsp3) is 0.182. The van der Waals surface area contributed by atoms with Crippen LogP contribution < -0.4 is 10.8 Å². The van der Waals surface area contributed by atoms with Gasteiger partial charge < -0.3 is 25.7 Å². The van der Waals surface area contributed by atoms with Gasteiger partial charge in [0.1, 0.15) is 12.1 Å². The topological polar surface area (TPSA) is 104 Å². The number of hydrogen-bond acceptors (Lipinski definition) is 3. The van der Waals surface area contributed by atoms with E-state index < -0.39 is 18.1 Å². The monoisotopic (exact) mass is 220 g/mol. The summed E-state index contributed by atoms with van der Waals surface area (Å²) in [5, 5.41) is 21.3. The number of benzene rings is 1. The van der Waals surface area contributed by atoms with Crippen LogP contribution in [0.2, 0.25) is 0 Å². The minimum absolute atomic E-state index is 0.528. The molecule has 0 bridgehead atoms. The predicted octanol–water partition coefficient (Wildman–Crippen LogP) is -1.44. The van der Waals surface area contributed by atoms with E-state index in [4.69, 9.17) is 0 Å². The van der Waals surface area contributed by atoms with Gasteiger partial charge in [-0.2, -0.15) is 0 Å². The highest BCUT2D eigenvalue weighted by Gasteiger charge is 2.23. The largest absolute Gasteiger partial charge is 0.544 e. The summed E-state index contributed by atoms with van der Waals surface area (Å²) in [6.07, 6.45) is 0.428. The van der Waals surface area contributed by atoms with Crippen molar-refractivity contribution < 1.29 is 20.7 Å². The number of aliphatic carboxylic acids is 1. The highest BCUT2D eigenvalue weighted by molar-refractivity contribution is 5.84. The van der Waals surface area contributed by atoms with E-state index >= 15 is 0 Å². The molecule has 2 rings (SSSR count). The van der Waals surface area contributed by atoms with Gasteiger partial charge in [0.05, 0.1) is 0 Å². The second kappa shape index (κ2) is 3.96. The highest BCUT2D eigenvalue weighted by atomic mass is 16.4. The number of aliphatic hydroxyl groups is 1. The lowest BCUT2D eigenvalue weighted by Gasteiger charge is -2.15. The van der Waals surface area contributed by atoms with Crippen LogP contribution >= 0.6 is 0 Å². The number of carboxylic acids is 1. The molecule has 0 fully saturated rings. The van der Waals surface area contributed by atoms with Crippen LogP contribution in [0.25, 0.3) is 10.9 Å². The minimum Gasteiger partial charge on any atom is -0.544 e. The lowest BCUT2D eigenvalue weighted by Crippen LogP contribution is -2.70. The molecule has 2 atom stereocenters. The van der Waals surface area contributed by atoms with Crippen molar-refractivity contribution in [3.05, 3.63) is 36.0 Å². The smallest absolute Gasteiger partial charge is 0.155 e. The SMILES string of the molecule is [NH3+][C@H](C(=O)[O-])[C@H](O)c1c[nH]c2ccccc12. The van der Waals surface area contributed by atoms with Crippen LogP contribution in [0.5, 0.6) is 0 Å². The number of quaternary nitrogens is 1. The first kappa shape index (κ1) is 10.7. The number of carboxylic acid groups (broad SMARTS) is 1. The number of carbonyl (C=O) groups excluding carboxylic acids is 1. The van der Waals surface area contributed by atoms with Gasteiger partial charge in [-0.05, 0) is 6.07 Å². The van der Waals surface area contributed by atoms with Gasteiger partial charge >= 0.3 is 0 Å². The van der Waals surface area contributed by atoms with Gasteiger partial charge in [-0.15, -0.1) is 0 Å². The van der Waals surface area contributed by atoms with Crippen LogP contribution in [0, 0.1) is 0 Å². The molecule has 0 spiro atoms. The molecule has 0 aliphatic carbocycles. The van der Waals surface area contributed by atoms with Gasteiger partial charge in [-0.3, -0.25) is 0 Å². The summed E-state index contributed by atoms with van der Waals surface area (Å²) >= 11 is 0.